The van der Waals surface area contributed by atoms with Gasteiger partial charge in [0.25, 0.3) is 5.56 Å². The summed E-state index contributed by atoms with van der Waals surface area (Å²) in [7, 11) is 1.62. The maximum atomic E-state index is 13.7. The fraction of sp³-hybridized carbons (Fsp3) is 0.158. The Morgan fingerprint density at radius 1 is 1.23 bits per heavy atom. The van der Waals surface area contributed by atoms with Crippen molar-refractivity contribution in [2.24, 2.45) is 0 Å². The smallest absolute Gasteiger partial charge is 0.335 e. The van der Waals surface area contributed by atoms with E-state index in [1.54, 1.807) is 19.2 Å². The first kappa shape index (κ1) is 17.6. The van der Waals surface area contributed by atoms with Gasteiger partial charge in [0.1, 0.15) is 5.82 Å². The van der Waals surface area contributed by atoms with Gasteiger partial charge in [-0.25, -0.2) is 9.18 Å². The molecule has 0 aliphatic rings. The zero-order chi connectivity index (χ0) is 18.8. The number of benzene rings is 2. The van der Waals surface area contributed by atoms with Crippen molar-refractivity contribution in [1.29, 1.82) is 0 Å². The third kappa shape index (κ3) is 3.43. The largest absolute Gasteiger partial charge is 0.478 e. The summed E-state index contributed by atoms with van der Waals surface area (Å²) < 4.78 is 13.7. The molecule has 0 saturated heterocycles. The summed E-state index contributed by atoms with van der Waals surface area (Å²) >= 11 is 0. The van der Waals surface area contributed by atoms with Crippen molar-refractivity contribution < 1.29 is 19.4 Å². The van der Waals surface area contributed by atoms with Gasteiger partial charge in [-0.15, -0.1) is 0 Å². The number of carboxylic acids is 1. The SMILES string of the molecule is CNc1cc(F)cc2cc(C(O)Cc3ccc(C(=O)O)cc3)c(=O)[nH]c12. The number of hydrogen-bond acceptors (Lipinski definition) is 4. The molecule has 134 valence electrons. The van der Waals surface area contributed by atoms with E-state index in [4.69, 9.17) is 5.11 Å². The van der Waals surface area contributed by atoms with E-state index in [0.29, 0.717) is 22.2 Å². The Morgan fingerprint density at radius 3 is 2.54 bits per heavy atom. The molecule has 0 radical (unpaired) electrons. The number of carbonyl (C=O) groups is 1. The van der Waals surface area contributed by atoms with Gasteiger partial charge in [-0.3, -0.25) is 4.79 Å². The van der Waals surface area contributed by atoms with Crippen molar-refractivity contribution in [2.45, 2.75) is 12.5 Å². The molecule has 0 amide bonds. The summed E-state index contributed by atoms with van der Waals surface area (Å²) in [5, 5.41) is 22.6. The Bertz CT molecular complexity index is 1030. The zero-order valence-electron chi connectivity index (χ0n) is 13.9. The van der Waals surface area contributed by atoms with Gasteiger partial charge < -0.3 is 20.5 Å². The number of fused-ring (bicyclic) bond motifs is 1. The van der Waals surface area contributed by atoms with Crippen LogP contribution < -0.4 is 10.9 Å². The number of aromatic amines is 1. The summed E-state index contributed by atoms with van der Waals surface area (Å²) in [5.41, 5.74) is 1.38. The number of aromatic nitrogens is 1. The molecule has 0 spiro atoms. The second-order valence-corrected chi connectivity index (χ2v) is 5.94. The third-order valence-electron chi connectivity index (χ3n) is 4.20. The number of anilines is 1. The minimum Gasteiger partial charge on any atom is -0.478 e. The van der Waals surface area contributed by atoms with E-state index in [9.17, 15) is 19.1 Å². The second kappa shape index (κ2) is 6.97. The molecule has 0 saturated carbocycles. The molecule has 3 aromatic rings. The van der Waals surface area contributed by atoms with Crippen molar-refractivity contribution in [1.82, 2.24) is 4.98 Å². The van der Waals surface area contributed by atoms with Gasteiger partial charge in [-0.1, -0.05) is 12.1 Å². The summed E-state index contributed by atoms with van der Waals surface area (Å²) in [4.78, 5) is 25.9. The molecule has 1 unspecified atom stereocenters. The number of H-pyrrole nitrogens is 1. The number of carboxylic acid groups (broad SMARTS) is 1. The lowest BCUT2D eigenvalue weighted by atomic mass is 10.00. The highest BCUT2D eigenvalue weighted by Gasteiger charge is 2.16. The number of hydrogen-bond donors (Lipinski definition) is 4. The lowest BCUT2D eigenvalue weighted by molar-refractivity contribution is 0.0697. The molecule has 0 aliphatic carbocycles. The van der Waals surface area contributed by atoms with Crippen LogP contribution in [0, 0.1) is 5.82 Å². The van der Waals surface area contributed by atoms with E-state index in [0.717, 1.165) is 0 Å². The molecule has 2 aromatic carbocycles. The molecule has 26 heavy (non-hydrogen) atoms. The fourth-order valence-corrected chi connectivity index (χ4v) is 2.86. The average Bonchev–Trinajstić information content (AvgIpc) is 2.61. The van der Waals surface area contributed by atoms with E-state index in [1.165, 1.54) is 30.3 Å². The average molecular weight is 356 g/mol. The summed E-state index contributed by atoms with van der Waals surface area (Å²) in [5.74, 6) is -1.50. The Labute approximate surface area is 147 Å². The fourth-order valence-electron chi connectivity index (χ4n) is 2.86. The first-order chi connectivity index (χ1) is 12.4. The maximum absolute atomic E-state index is 13.7. The Kier molecular flexibility index (Phi) is 4.73. The summed E-state index contributed by atoms with van der Waals surface area (Å²) in [6.45, 7) is 0. The first-order valence-corrected chi connectivity index (χ1v) is 7.93. The minimum atomic E-state index is -1.11. The molecule has 4 N–H and O–H groups in total. The van der Waals surface area contributed by atoms with E-state index in [1.807, 2.05) is 0 Å². The van der Waals surface area contributed by atoms with Crippen molar-refractivity contribution in [3.8, 4) is 0 Å². The van der Waals surface area contributed by atoms with Crippen LogP contribution in [0.1, 0.15) is 27.6 Å². The van der Waals surface area contributed by atoms with Gasteiger partial charge in [0.15, 0.2) is 0 Å². The summed E-state index contributed by atoms with van der Waals surface area (Å²) in [6, 6.07) is 10.1. The van der Waals surface area contributed by atoms with Crippen molar-refractivity contribution >= 4 is 22.6 Å². The highest BCUT2D eigenvalue weighted by atomic mass is 19.1. The van der Waals surface area contributed by atoms with Crippen molar-refractivity contribution in [2.75, 3.05) is 12.4 Å². The Balaban J connectivity index is 1.95. The third-order valence-corrected chi connectivity index (χ3v) is 4.20. The molecule has 6 nitrogen and oxygen atoms in total. The number of aliphatic hydroxyl groups excluding tert-OH is 1. The second-order valence-electron chi connectivity index (χ2n) is 5.94. The van der Waals surface area contributed by atoms with Gasteiger partial charge in [0.05, 0.1) is 22.9 Å². The molecule has 1 heterocycles. The van der Waals surface area contributed by atoms with Crippen LogP contribution >= 0.6 is 0 Å². The predicted octanol–water partition coefficient (Wildman–Crippen LogP) is 2.68. The van der Waals surface area contributed by atoms with Gasteiger partial charge >= 0.3 is 5.97 Å². The van der Waals surface area contributed by atoms with Crippen LogP contribution in [-0.4, -0.2) is 28.2 Å². The van der Waals surface area contributed by atoms with E-state index in [-0.39, 0.29) is 17.5 Å². The lowest BCUT2D eigenvalue weighted by Crippen LogP contribution is -2.18. The number of halogens is 1. The normalized spacial score (nSPS) is 12.1. The van der Waals surface area contributed by atoms with Crippen LogP contribution in [0.15, 0.2) is 47.3 Å². The van der Waals surface area contributed by atoms with Gasteiger partial charge in [0, 0.05) is 24.4 Å². The Morgan fingerprint density at radius 2 is 1.92 bits per heavy atom. The minimum absolute atomic E-state index is 0.118. The van der Waals surface area contributed by atoms with Crippen LogP contribution in [0.3, 0.4) is 0 Å². The van der Waals surface area contributed by atoms with Gasteiger partial charge in [-0.05, 0) is 35.9 Å². The van der Waals surface area contributed by atoms with Gasteiger partial charge in [0.2, 0.25) is 0 Å². The first-order valence-electron chi connectivity index (χ1n) is 7.93. The van der Waals surface area contributed by atoms with Crippen LogP contribution in [0.2, 0.25) is 0 Å². The maximum Gasteiger partial charge on any atom is 0.335 e. The Hall–Kier alpha value is -3.19. The molecule has 1 atom stereocenters. The van der Waals surface area contributed by atoms with Crippen molar-refractivity contribution in [3.63, 3.8) is 0 Å². The molecule has 0 bridgehead atoms. The molecule has 7 heteroatoms. The molecule has 0 aliphatic heterocycles. The number of pyridine rings is 1. The number of rotatable bonds is 5. The topological polar surface area (TPSA) is 102 Å². The number of aliphatic hydroxyl groups is 1. The van der Waals surface area contributed by atoms with E-state index < -0.39 is 23.4 Å². The summed E-state index contributed by atoms with van der Waals surface area (Å²) in [6.07, 6.45) is -0.983. The van der Waals surface area contributed by atoms with E-state index in [2.05, 4.69) is 10.3 Å². The molecule has 1 aromatic heterocycles. The molecule has 3 rings (SSSR count). The zero-order valence-corrected chi connectivity index (χ0v) is 13.9. The predicted molar refractivity (Wildman–Crippen MR) is 96.1 cm³/mol. The number of nitrogens with one attached hydrogen (secondary N) is 2. The number of aromatic carboxylic acids is 1. The van der Waals surface area contributed by atoms with Crippen molar-refractivity contribution in [3.05, 3.63) is 75.3 Å². The van der Waals surface area contributed by atoms with Crippen LogP contribution in [0.25, 0.3) is 10.9 Å². The van der Waals surface area contributed by atoms with Gasteiger partial charge in [-0.2, -0.15) is 0 Å². The standard InChI is InChI=1S/C19H17FN2O4/c1-21-15-9-13(20)7-12-8-14(18(24)22-17(12)15)16(23)6-10-2-4-11(5-3-10)19(25)26/h2-5,7-9,16,21,23H,6H2,1H3,(H,22,24)(H,25,26). The highest BCUT2D eigenvalue weighted by molar-refractivity contribution is 5.90. The molecular weight excluding hydrogens is 339 g/mol. The van der Waals surface area contributed by atoms with Crippen LogP contribution in [0.4, 0.5) is 10.1 Å². The van der Waals surface area contributed by atoms with Crippen LogP contribution in [0.5, 0.6) is 0 Å². The van der Waals surface area contributed by atoms with E-state index >= 15 is 0 Å². The quantitative estimate of drug-likeness (QED) is 0.563. The monoisotopic (exact) mass is 356 g/mol. The molecule has 0 fully saturated rings. The molecular formula is C19H17FN2O4. The lowest BCUT2D eigenvalue weighted by Gasteiger charge is -2.13. The van der Waals surface area contributed by atoms with Crippen LogP contribution in [-0.2, 0) is 6.42 Å². The highest BCUT2D eigenvalue weighted by Crippen LogP contribution is 2.25.